The molecule has 0 aliphatic rings. The van der Waals surface area contributed by atoms with Crippen molar-refractivity contribution >= 4 is 17.5 Å². The minimum atomic E-state index is -0.248. The number of rotatable bonds is 7. The van der Waals surface area contributed by atoms with Gasteiger partial charge in [-0.2, -0.15) is 0 Å². The van der Waals surface area contributed by atoms with Gasteiger partial charge in [0.15, 0.2) is 0 Å². The van der Waals surface area contributed by atoms with Crippen molar-refractivity contribution in [1.29, 1.82) is 0 Å². The van der Waals surface area contributed by atoms with E-state index < -0.39 is 0 Å². The van der Waals surface area contributed by atoms with Gasteiger partial charge in [-0.3, -0.25) is 10.1 Å². The summed E-state index contributed by atoms with van der Waals surface area (Å²) in [5.41, 5.74) is 1.01. The maximum Gasteiger partial charge on any atom is 0.237 e. The molecule has 1 aromatic rings. The predicted molar refractivity (Wildman–Crippen MR) is 85.0 cm³/mol. The highest BCUT2D eigenvalue weighted by Gasteiger charge is 2.19. The largest absolute Gasteiger partial charge is 0.352 e. The lowest BCUT2D eigenvalue weighted by Crippen LogP contribution is -2.46. The summed E-state index contributed by atoms with van der Waals surface area (Å²) in [6.07, 6.45) is 1.91. The third kappa shape index (κ3) is 4.80. The third-order valence-corrected chi connectivity index (χ3v) is 3.94. The molecule has 1 amide bonds. The van der Waals surface area contributed by atoms with Crippen LogP contribution in [-0.2, 0) is 4.79 Å². The van der Waals surface area contributed by atoms with Crippen LogP contribution in [0.5, 0.6) is 0 Å². The molecule has 0 bridgehead atoms. The summed E-state index contributed by atoms with van der Waals surface area (Å²) in [5, 5.41) is 7.07. The SMILES string of the molecule is CCC(CC)NC(=O)C(C)N[C@@H](C)c1ccccc1Cl. The summed E-state index contributed by atoms with van der Waals surface area (Å²) in [6, 6.07) is 7.74. The second-order valence-corrected chi connectivity index (χ2v) is 5.56. The maximum atomic E-state index is 12.1. The summed E-state index contributed by atoms with van der Waals surface area (Å²) >= 11 is 6.17. The molecule has 4 heteroatoms. The van der Waals surface area contributed by atoms with Crippen molar-refractivity contribution in [1.82, 2.24) is 10.6 Å². The van der Waals surface area contributed by atoms with E-state index in [1.165, 1.54) is 0 Å². The lowest BCUT2D eigenvalue weighted by molar-refractivity contribution is -0.123. The lowest BCUT2D eigenvalue weighted by Gasteiger charge is -2.23. The van der Waals surface area contributed by atoms with Crippen molar-refractivity contribution in [3.63, 3.8) is 0 Å². The van der Waals surface area contributed by atoms with Gasteiger partial charge in [0.25, 0.3) is 0 Å². The molecular weight excluding hydrogens is 272 g/mol. The van der Waals surface area contributed by atoms with Crippen LogP contribution < -0.4 is 10.6 Å². The molecule has 0 saturated carbocycles. The number of amides is 1. The van der Waals surface area contributed by atoms with Gasteiger partial charge in [-0.15, -0.1) is 0 Å². The fraction of sp³-hybridized carbons (Fsp3) is 0.562. The van der Waals surface area contributed by atoms with Gasteiger partial charge in [0.05, 0.1) is 6.04 Å². The zero-order valence-electron chi connectivity index (χ0n) is 12.7. The zero-order valence-corrected chi connectivity index (χ0v) is 13.5. The number of hydrogen-bond acceptors (Lipinski definition) is 2. The van der Waals surface area contributed by atoms with Crippen molar-refractivity contribution < 1.29 is 4.79 Å². The molecule has 0 saturated heterocycles. The average Bonchev–Trinajstić information content (AvgIpc) is 2.44. The van der Waals surface area contributed by atoms with Crippen LogP contribution in [0.15, 0.2) is 24.3 Å². The Bertz CT molecular complexity index is 432. The van der Waals surface area contributed by atoms with Gasteiger partial charge in [-0.1, -0.05) is 43.6 Å². The fourth-order valence-electron chi connectivity index (χ4n) is 2.19. The first-order chi connectivity index (χ1) is 9.49. The Kier molecular flexibility index (Phi) is 7.03. The van der Waals surface area contributed by atoms with Gasteiger partial charge in [0.2, 0.25) is 5.91 Å². The number of hydrogen-bond donors (Lipinski definition) is 2. The van der Waals surface area contributed by atoms with E-state index in [4.69, 9.17) is 11.6 Å². The number of halogens is 1. The van der Waals surface area contributed by atoms with Gasteiger partial charge < -0.3 is 5.32 Å². The summed E-state index contributed by atoms with van der Waals surface area (Å²) in [4.78, 5) is 12.1. The highest BCUT2D eigenvalue weighted by Crippen LogP contribution is 2.22. The molecule has 1 rings (SSSR count). The van der Waals surface area contributed by atoms with Crippen LogP contribution in [0.1, 0.15) is 52.1 Å². The van der Waals surface area contributed by atoms with Crippen molar-refractivity contribution in [2.45, 2.75) is 58.7 Å². The van der Waals surface area contributed by atoms with Crippen LogP contribution in [-0.4, -0.2) is 18.0 Å². The van der Waals surface area contributed by atoms with Crippen LogP contribution in [0.2, 0.25) is 5.02 Å². The Morgan fingerprint density at radius 1 is 1.20 bits per heavy atom. The highest BCUT2D eigenvalue weighted by molar-refractivity contribution is 6.31. The Balaban J connectivity index is 2.59. The highest BCUT2D eigenvalue weighted by atomic mass is 35.5. The Hall–Kier alpha value is -1.06. The Morgan fingerprint density at radius 3 is 2.35 bits per heavy atom. The van der Waals surface area contributed by atoms with Crippen molar-refractivity contribution in [3.05, 3.63) is 34.9 Å². The molecule has 0 heterocycles. The van der Waals surface area contributed by atoms with E-state index in [0.717, 1.165) is 23.4 Å². The molecule has 3 nitrogen and oxygen atoms in total. The smallest absolute Gasteiger partial charge is 0.237 e. The molecular formula is C16H25ClN2O. The molecule has 0 aromatic heterocycles. The van der Waals surface area contributed by atoms with Gasteiger partial charge in [-0.25, -0.2) is 0 Å². The Morgan fingerprint density at radius 2 is 1.80 bits per heavy atom. The van der Waals surface area contributed by atoms with E-state index in [9.17, 15) is 4.79 Å². The quantitative estimate of drug-likeness (QED) is 0.806. The fourth-order valence-corrected chi connectivity index (χ4v) is 2.49. The first-order valence-electron chi connectivity index (χ1n) is 7.30. The summed E-state index contributed by atoms with van der Waals surface area (Å²) in [6.45, 7) is 8.06. The second kappa shape index (κ2) is 8.28. The van der Waals surface area contributed by atoms with E-state index in [1.807, 2.05) is 38.1 Å². The standard InChI is InChI=1S/C16H25ClN2O/c1-5-13(6-2)19-16(20)12(4)18-11(3)14-9-7-8-10-15(14)17/h7-13,18H,5-6H2,1-4H3,(H,19,20)/t11-,12?/m0/s1. The van der Waals surface area contributed by atoms with E-state index in [-0.39, 0.29) is 24.0 Å². The molecule has 0 aliphatic heterocycles. The van der Waals surface area contributed by atoms with Gasteiger partial charge in [-0.05, 0) is 38.3 Å². The van der Waals surface area contributed by atoms with Crippen LogP contribution in [0.3, 0.4) is 0 Å². The third-order valence-electron chi connectivity index (χ3n) is 3.60. The minimum Gasteiger partial charge on any atom is -0.352 e. The summed E-state index contributed by atoms with van der Waals surface area (Å²) in [7, 11) is 0. The Labute approximate surface area is 127 Å². The van der Waals surface area contributed by atoms with Crippen LogP contribution in [0, 0.1) is 0 Å². The molecule has 0 aliphatic carbocycles. The molecule has 112 valence electrons. The molecule has 0 fully saturated rings. The normalized spacial score (nSPS) is 14.1. The number of carbonyl (C=O) groups excluding carboxylic acids is 1. The van der Waals surface area contributed by atoms with E-state index >= 15 is 0 Å². The maximum absolute atomic E-state index is 12.1. The van der Waals surface area contributed by atoms with Crippen LogP contribution >= 0.6 is 11.6 Å². The first kappa shape index (κ1) is 17.0. The zero-order chi connectivity index (χ0) is 15.1. The van der Waals surface area contributed by atoms with Gasteiger partial charge in [0, 0.05) is 17.1 Å². The summed E-state index contributed by atoms with van der Waals surface area (Å²) in [5.74, 6) is 0.0394. The van der Waals surface area contributed by atoms with Crippen molar-refractivity contribution in [2.24, 2.45) is 0 Å². The first-order valence-corrected chi connectivity index (χ1v) is 7.68. The van der Waals surface area contributed by atoms with E-state index in [2.05, 4.69) is 24.5 Å². The van der Waals surface area contributed by atoms with Crippen LogP contribution in [0.4, 0.5) is 0 Å². The monoisotopic (exact) mass is 296 g/mol. The van der Waals surface area contributed by atoms with Gasteiger partial charge in [0.1, 0.15) is 0 Å². The molecule has 20 heavy (non-hydrogen) atoms. The summed E-state index contributed by atoms with van der Waals surface area (Å²) < 4.78 is 0. The molecule has 2 atom stereocenters. The second-order valence-electron chi connectivity index (χ2n) is 5.15. The van der Waals surface area contributed by atoms with E-state index in [0.29, 0.717) is 0 Å². The predicted octanol–water partition coefficient (Wildman–Crippen LogP) is 3.68. The lowest BCUT2D eigenvalue weighted by atomic mass is 10.1. The van der Waals surface area contributed by atoms with E-state index in [1.54, 1.807) is 0 Å². The van der Waals surface area contributed by atoms with Crippen molar-refractivity contribution in [2.75, 3.05) is 0 Å². The number of benzene rings is 1. The molecule has 2 N–H and O–H groups in total. The minimum absolute atomic E-state index is 0.0335. The topological polar surface area (TPSA) is 41.1 Å². The molecule has 0 radical (unpaired) electrons. The van der Waals surface area contributed by atoms with Crippen LogP contribution in [0.25, 0.3) is 0 Å². The average molecular weight is 297 g/mol. The molecule has 1 aromatic carbocycles. The number of nitrogens with one attached hydrogen (secondary N) is 2. The van der Waals surface area contributed by atoms with Gasteiger partial charge >= 0.3 is 0 Å². The van der Waals surface area contributed by atoms with Crippen molar-refractivity contribution in [3.8, 4) is 0 Å². The molecule has 1 unspecified atom stereocenters. The number of carbonyl (C=O) groups is 1. The molecule has 0 spiro atoms.